The van der Waals surface area contributed by atoms with Crippen molar-refractivity contribution >= 4 is 5.97 Å². The number of rotatable bonds is 4. The van der Waals surface area contributed by atoms with Crippen LogP contribution in [0, 0.1) is 17.8 Å². The van der Waals surface area contributed by atoms with Gasteiger partial charge in [0, 0.05) is 24.2 Å². The van der Waals surface area contributed by atoms with Crippen LogP contribution in [0.15, 0.2) is 43.5 Å². The molecule has 3 nitrogen and oxygen atoms in total. The normalized spacial score (nSPS) is 31.1. The van der Waals surface area contributed by atoms with Gasteiger partial charge < -0.3 is 9.47 Å². The van der Waals surface area contributed by atoms with Crippen LogP contribution in [0.1, 0.15) is 57.1 Å². The zero-order chi connectivity index (χ0) is 19.4. The zero-order valence-corrected chi connectivity index (χ0v) is 16.7. The Kier molecular flexibility index (Phi) is 4.25. The van der Waals surface area contributed by atoms with Gasteiger partial charge in [-0.25, -0.2) is 0 Å². The second kappa shape index (κ2) is 6.25. The van der Waals surface area contributed by atoms with Gasteiger partial charge in [-0.05, 0) is 63.3 Å². The lowest BCUT2D eigenvalue weighted by molar-refractivity contribution is -0.154. The molecule has 2 fully saturated rings. The average Bonchev–Trinajstić information content (AvgIpc) is 3.09. The Morgan fingerprint density at radius 2 is 1.81 bits per heavy atom. The highest BCUT2D eigenvalue weighted by molar-refractivity contribution is 5.78. The van der Waals surface area contributed by atoms with Gasteiger partial charge in [0.05, 0.1) is 5.92 Å². The number of carbonyl (C=O) groups excluding carboxylic acids is 1. The lowest BCUT2D eigenvalue weighted by Crippen LogP contribution is -2.38. The summed E-state index contributed by atoms with van der Waals surface area (Å²) in [5.41, 5.74) is 1.91. The second-order valence-electron chi connectivity index (χ2n) is 9.33. The minimum absolute atomic E-state index is 0.0478. The van der Waals surface area contributed by atoms with E-state index < -0.39 is 5.60 Å². The summed E-state index contributed by atoms with van der Waals surface area (Å²) in [5, 5.41) is 0. The van der Waals surface area contributed by atoms with Crippen molar-refractivity contribution in [2.45, 2.75) is 63.6 Å². The van der Waals surface area contributed by atoms with Crippen LogP contribution in [0.25, 0.3) is 0 Å². The molecule has 1 heterocycles. The van der Waals surface area contributed by atoms with Gasteiger partial charge in [-0.2, -0.15) is 0 Å². The molecule has 0 amide bonds. The predicted molar refractivity (Wildman–Crippen MR) is 107 cm³/mol. The van der Waals surface area contributed by atoms with E-state index in [1.165, 1.54) is 11.1 Å². The topological polar surface area (TPSA) is 35.5 Å². The highest BCUT2D eigenvalue weighted by atomic mass is 16.6. The molecule has 0 radical (unpaired) electrons. The van der Waals surface area contributed by atoms with Crippen molar-refractivity contribution in [2.24, 2.45) is 17.8 Å². The van der Waals surface area contributed by atoms with Gasteiger partial charge in [0.15, 0.2) is 0 Å². The molecule has 1 aromatic rings. The monoisotopic (exact) mass is 366 g/mol. The third-order valence-corrected chi connectivity index (χ3v) is 6.61. The van der Waals surface area contributed by atoms with E-state index in [1.807, 2.05) is 39.0 Å². The Morgan fingerprint density at radius 3 is 2.41 bits per heavy atom. The summed E-state index contributed by atoms with van der Waals surface area (Å²) in [5.74, 6) is 1.43. The summed E-state index contributed by atoms with van der Waals surface area (Å²) in [6.45, 7) is 14.1. The fourth-order valence-corrected chi connectivity index (χ4v) is 5.35. The SMILES string of the molecule is C=C[C@@H]1CC[C@@H](C=C)C12C[C@H](C1Cc3ccc(OC(C)(C)C)cc31)C(=O)O2. The maximum absolute atomic E-state index is 12.9. The largest absolute Gasteiger partial charge is 0.488 e. The van der Waals surface area contributed by atoms with Crippen LogP contribution in [0.4, 0.5) is 0 Å². The number of hydrogen-bond acceptors (Lipinski definition) is 3. The molecule has 3 heteroatoms. The standard InChI is InChI=1S/C24H30O3/c1-6-16-9-10-17(7-2)24(16)14-21(22(25)27-24)20-12-15-8-11-18(13-19(15)20)26-23(3,4)5/h6-8,11,13,16-17,20-21H,1-2,9-10,12,14H2,3-5H3/t16-,17-,20?,21-/m1/s1. The maximum Gasteiger partial charge on any atom is 0.310 e. The molecular weight excluding hydrogens is 336 g/mol. The molecule has 3 aliphatic rings. The van der Waals surface area contributed by atoms with E-state index in [-0.39, 0.29) is 35.2 Å². The Morgan fingerprint density at radius 1 is 1.15 bits per heavy atom. The zero-order valence-electron chi connectivity index (χ0n) is 16.7. The molecule has 4 rings (SSSR count). The maximum atomic E-state index is 12.9. The van der Waals surface area contributed by atoms with Crippen molar-refractivity contribution < 1.29 is 14.3 Å². The summed E-state index contributed by atoms with van der Waals surface area (Å²) < 4.78 is 12.1. The van der Waals surface area contributed by atoms with Crippen molar-refractivity contribution in [1.29, 1.82) is 0 Å². The van der Waals surface area contributed by atoms with Crippen LogP contribution >= 0.6 is 0 Å². The Labute approximate surface area is 162 Å². The molecule has 1 saturated heterocycles. The quantitative estimate of drug-likeness (QED) is 0.542. The smallest absolute Gasteiger partial charge is 0.310 e. The highest BCUT2D eigenvalue weighted by Gasteiger charge is 2.59. The van der Waals surface area contributed by atoms with E-state index in [0.717, 1.165) is 31.4 Å². The van der Waals surface area contributed by atoms with Crippen LogP contribution in [-0.2, 0) is 16.0 Å². The summed E-state index contributed by atoms with van der Waals surface area (Å²) >= 11 is 0. The van der Waals surface area contributed by atoms with Crippen LogP contribution < -0.4 is 4.74 Å². The molecule has 0 N–H and O–H groups in total. The van der Waals surface area contributed by atoms with Gasteiger partial charge >= 0.3 is 5.97 Å². The minimum atomic E-state index is -0.430. The summed E-state index contributed by atoms with van der Waals surface area (Å²) in [6.07, 6.45) is 7.70. The number of carbonyl (C=O) groups is 1. The Hall–Kier alpha value is -2.03. The molecule has 2 aliphatic carbocycles. The minimum Gasteiger partial charge on any atom is -0.488 e. The molecule has 144 valence electrons. The van der Waals surface area contributed by atoms with Crippen LogP contribution in [0.3, 0.4) is 0 Å². The molecule has 0 bridgehead atoms. The molecule has 27 heavy (non-hydrogen) atoms. The van der Waals surface area contributed by atoms with E-state index in [1.54, 1.807) is 0 Å². The summed E-state index contributed by atoms with van der Waals surface area (Å²) in [4.78, 5) is 12.9. The highest BCUT2D eigenvalue weighted by Crippen LogP contribution is 2.56. The van der Waals surface area contributed by atoms with Gasteiger partial charge in [-0.15, -0.1) is 13.2 Å². The van der Waals surface area contributed by atoms with Gasteiger partial charge in [-0.1, -0.05) is 18.2 Å². The Bertz CT molecular complexity index is 769. The fourth-order valence-electron chi connectivity index (χ4n) is 5.35. The molecule has 1 spiro atoms. The van der Waals surface area contributed by atoms with Gasteiger partial charge in [0.1, 0.15) is 17.0 Å². The third kappa shape index (κ3) is 2.92. The Balaban J connectivity index is 1.59. The molecule has 4 atom stereocenters. The van der Waals surface area contributed by atoms with Gasteiger partial charge in [0.2, 0.25) is 0 Å². The first-order chi connectivity index (χ1) is 12.8. The van der Waals surface area contributed by atoms with Gasteiger partial charge in [-0.3, -0.25) is 4.79 Å². The fraction of sp³-hybridized carbons (Fsp3) is 0.542. The number of hydrogen-bond donors (Lipinski definition) is 0. The summed E-state index contributed by atoms with van der Waals surface area (Å²) in [7, 11) is 0. The van der Waals surface area contributed by atoms with E-state index in [2.05, 4.69) is 25.3 Å². The second-order valence-corrected chi connectivity index (χ2v) is 9.33. The van der Waals surface area contributed by atoms with Crippen molar-refractivity contribution in [3.8, 4) is 5.75 Å². The van der Waals surface area contributed by atoms with Crippen molar-refractivity contribution in [3.05, 3.63) is 54.6 Å². The van der Waals surface area contributed by atoms with E-state index in [4.69, 9.17) is 9.47 Å². The number of ether oxygens (including phenoxy) is 2. The molecule has 0 aromatic heterocycles. The first-order valence-corrected chi connectivity index (χ1v) is 10.1. The third-order valence-electron chi connectivity index (χ3n) is 6.61. The predicted octanol–water partition coefficient (Wildman–Crippen LogP) is 5.20. The molecule has 1 unspecified atom stereocenters. The molecule has 1 aromatic carbocycles. The van der Waals surface area contributed by atoms with Gasteiger partial charge in [0.25, 0.3) is 0 Å². The number of fused-ring (bicyclic) bond motifs is 1. The average molecular weight is 367 g/mol. The van der Waals surface area contributed by atoms with Crippen LogP contribution in [0.5, 0.6) is 5.75 Å². The lowest BCUT2D eigenvalue weighted by atomic mass is 9.67. The summed E-state index contributed by atoms with van der Waals surface area (Å²) in [6, 6.07) is 6.29. The number of esters is 1. The van der Waals surface area contributed by atoms with Crippen LogP contribution in [0.2, 0.25) is 0 Å². The first-order valence-electron chi connectivity index (χ1n) is 10.1. The molecular formula is C24H30O3. The van der Waals surface area contributed by atoms with Crippen LogP contribution in [-0.4, -0.2) is 17.2 Å². The lowest BCUT2D eigenvalue weighted by Gasteiger charge is -2.36. The van der Waals surface area contributed by atoms with E-state index in [0.29, 0.717) is 0 Å². The van der Waals surface area contributed by atoms with Crippen molar-refractivity contribution in [1.82, 2.24) is 0 Å². The molecule has 1 aliphatic heterocycles. The van der Waals surface area contributed by atoms with E-state index >= 15 is 0 Å². The van der Waals surface area contributed by atoms with Crippen molar-refractivity contribution in [3.63, 3.8) is 0 Å². The first kappa shape index (κ1) is 18.3. The van der Waals surface area contributed by atoms with E-state index in [9.17, 15) is 4.79 Å². The van der Waals surface area contributed by atoms with Crippen molar-refractivity contribution in [2.75, 3.05) is 0 Å². The molecule has 1 saturated carbocycles. The number of benzene rings is 1.